The molecular formula is C15H26N2O3S. The Hall–Kier alpha value is -0.910. The van der Waals surface area contributed by atoms with Crippen molar-refractivity contribution in [2.75, 3.05) is 18.1 Å². The summed E-state index contributed by atoms with van der Waals surface area (Å²) in [7, 11) is 0. The molecule has 3 unspecified atom stereocenters. The standard InChI is InChI=1S/C15H26N2O3S/c1-10(2)11-5-3-4-6-12(11)16-15(20)17-7-8-21-9-13(17)14(18)19/h10-13H,3-9H2,1-2H3,(H,16,20)(H,18,19). The maximum atomic E-state index is 12.5. The lowest BCUT2D eigenvalue weighted by atomic mass is 9.78. The molecular weight excluding hydrogens is 288 g/mol. The molecule has 2 N–H and O–H groups in total. The second-order valence-corrected chi connectivity index (χ2v) is 7.52. The molecule has 1 saturated carbocycles. The predicted molar refractivity (Wildman–Crippen MR) is 84.6 cm³/mol. The van der Waals surface area contributed by atoms with E-state index in [4.69, 9.17) is 0 Å². The van der Waals surface area contributed by atoms with Crippen LogP contribution in [0.1, 0.15) is 39.5 Å². The molecule has 0 radical (unpaired) electrons. The van der Waals surface area contributed by atoms with E-state index in [1.807, 2.05) is 0 Å². The summed E-state index contributed by atoms with van der Waals surface area (Å²) < 4.78 is 0. The highest BCUT2D eigenvalue weighted by Crippen LogP contribution is 2.30. The Bertz CT molecular complexity index is 389. The average Bonchev–Trinajstić information content (AvgIpc) is 2.47. The quantitative estimate of drug-likeness (QED) is 0.839. The second kappa shape index (κ2) is 7.38. The van der Waals surface area contributed by atoms with E-state index in [1.165, 1.54) is 11.3 Å². The zero-order chi connectivity index (χ0) is 15.4. The zero-order valence-electron chi connectivity index (χ0n) is 12.9. The van der Waals surface area contributed by atoms with Gasteiger partial charge in [0.15, 0.2) is 0 Å². The summed E-state index contributed by atoms with van der Waals surface area (Å²) in [6.45, 7) is 4.92. The Morgan fingerprint density at radius 1 is 1.29 bits per heavy atom. The molecule has 3 atom stereocenters. The van der Waals surface area contributed by atoms with Crippen molar-refractivity contribution in [2.45, 2.75) is 51.6 Å². The Morgan fingerprint density at radius 3 is 2.67 bits per heavy atom. The molecule has 0 aromatic carbocycles. The van der Waals surface area contributed by atoms with Crippen molar-refractivity contribution in [3.63, 3.8) is 0 Å². The number of amides is 2. The highest BCUT2D eigenvalue weighted by atomic mass is 32.2. The lowest BCUT2D eigenvalue weighted by molar-refractivity contribution is -0.141. The molecule has 5 nitrogen and oxygen atoms in total. The first-order chi connectivity index (χ1) is 10.0. The van der Waals surface area contributed by atoms with Gasteiger partial charge < -0.3 is 15.3 Å². The van der Waals surface area contributed by atoms with Crippen LogP contribution in [-0.4, -0.2) is 52.1 Å². The van der Waals surface area contributed by atoms with Gasteiger partial charge in [-0.15, -0.1) is 0 Å². The van der Waals surface area contributed by atoms with Crippen LogP contribution in [0.25, 0.3) is 0 Å². The number of rotatable bonds is 3. The Balaban J connectivity index is 1.99. The number of carboxylic acid groups (broad SMARTS) is 1. The van der Waals surface area contributed by atoms with E-state index in [1.54, 1.807) is 11.8 Å². The number of nitrogens with one attached hydrogen (secondary N) is 1. The molecule has 1 aliphatic heterocycles. The number of urea groups is 1. The predicted octanol–water partition coefficient (Wildman–Crippen LogP) is 2.41. The van der Waals surface area contributed by atoms with Crippen molar-refractivity contribution in [1.29, 1.82) is 0 Å². The summed E-state index contributed by atoms with van der Waals surface area (Å²) in [4.78, 5) is 25.3. The molecule has 2 aliphatic rings. The summed E-state index contributed by atoms with van der Waals surface area (Å²) in [5.41, 5.74) is 0. The number of hydrogen-bond acceptors (Lipinski definition) is 3. The first-order valence-corrected chi connectivity index (χ1v) is 9.04. The third-order valence-corrected chi connectivity index (χ3v) is 5.68. The molecule has 1 heterocycles. The molecule has 120 valence electrons. The number of nitrogens with zero attached hydrogens (tertiary/aromatic N) is 1. The number of carbonyl (C=O) groups excluding carboxylic acids is 1. The SMILES string of the molecule is CC(C)C1CCCCC1NC(=O)N1CCSCC1C(=O)O. The van der Waals surface area contributed by atoms with Crippen LogP contribution in [0.4, 0.5) is 4.79 Å². The normalized spacial score (nSPS) is 30.2. The minimum absolute atomic E-state index is 0.190. The van der Waals surface area contributed by atoms with Crippen LogP contribution in [0.3, 0.4) is 0 Å². The van der Waals surface area contributed by atoms with Crippen LogP contribution < -0.4 is 5.32 Å². The molecule has 0 aromatic rings. The summed E-state index contributed by atoms with van der Waals surface area (Å²) in [5, 5.41) is 12.4. The van der Waals surface area contributed by atoms with Crippen molar-refractivity contribution in [2.24, 2.45) is 11.8 Å². The van der Waals surface area contributed by atoms with Gasteiger partial charge in [-0.1, -0.05) is 26.7 Å². The van der Waals surface area contributed by atoms with Crippen LogP contribution in [-0.2, 0) is 4.79 Å². The van der Waals surface area contributed by atoms with Crippen molar-refractivity contribution in [3.8, 4) is 0 Å². The maximum Gasteiger partial charge on any atom is 0.327 e. The highest BCUT2D eigenvalue weighted by Gasteiger charge is 2.35. The average molecular weight is 314 g/mol. The Morgan fingerprint density at radius 2 is 2.00 bits per heavy atom. The lowest BCUT2D eigenvalue weighted by Crippen LogP contribution is -2.57. The summed E-state index contributed by atoms with van der Waals surface area (Å²) in [5.74, 6) is 1.45. The van der Waals surface area contributed by atoms with E-state index in [0.717, 1.165) is 25.0 Å². The van der Waals surface area contributed by atoms with Crippen LogP contribution in [0.15, 0.2) is 0 Å². The van der Waals surface area contributed by atoms with Crippen LogP contribution in [0.5, 0.6) is 0 Å². The van der Waals surface area contributed by atoms with E-state index in [9.17, 15) is 14.7 Å². The molecule has 1 saturated heterocycles. The van der Waals surface area contributed by atoms with E-state index in [-0.39, 0.29) is 12.1 Å². The van der Waals surface area contributed by atoms with Gasteiger partial charge in [-0.2, -0.15) is 11.8 Å². The largest absolute Gasteiger partial charge is 0.480 e. The smallest absolute Gasteiger partial charge is 0.327 e. The first kappa shape index (κ1) is 16.5. The summed E-state index contributed by atoms with van der Waals surface area (Å²) in [6.07, 6.45) is 4.54. The van der Waals surface area contributed by atoms with E-state index >= 15 is 0 Å². The van der Waals surface area contributed by atoms with Crippen molar-refractivity contribution in [3.05, 3.63) is 0 Å². The lowest BCUT2D eigenvalue weighted by Gasteiger charge is -2.38. The van der Waals surface area contributed by atoms with Gasteiger partial charge in [0.1, 0.15) is 6.04 Å². The van der Waals surface area contributed by atoms with Gasteiger partial charge in [0, 0.05) is 24.1 Å². The molecule has 2 fully saturated rings. The fraction of sp³-hybridized carbons (Fsp3) is 0.867. The number of carboxylic acids is 1. The molecule has 1 aliphatic carbocycles. The van der Waals surface area contributed by atoms with Crippen LogP contribution >= 0.6 is 11.8 Å². The van der Waals surface area contributed by atoms with E-state index in [0.29, 0.717) is 24.1 Å². The summed E-state index contributed by atoms with van der Waals surface area (Å²) >= 11 is 1.60. The van der Waals surface area contributed by atoms with Crippen LogP contribution in [0, 0.1) is 11.8 Å². The summed E-state index contributed by atoms with van der Waals surface area (Å²) in [6, 6.07) is -0.694. The fourth-order valence-electron chi connectivity index (χ4n) is 3.43. The second-order valence-electron chi connectivity index (χ2n) is 6.37. The topological polar surface area (TPSA) is 69.6 Å². The zero-order valence-corrected chi connectivity index (χ0v) is 13.7. The highest BCUT2D eigenvalue weighted by molar-refractivity contribution is 7.99. The molecule has 21 heavy (non-hydrogen) atoms. The number of carbonyl (C=O) groups is 2. The van der Waals surface area contributed by atoms with Gasteiger partial charge in [0.2, 0.25) is 0 Å². The minimum Gasteiger partial charge on any atom is -0.480 e. The molecule has 2 amide bonds. The van der Waals surface area contributed by atoms with E-state index in [2.05, 4.69) is 19.2 Å². The molecule has 2 rings (SSSR count). The van der Waals surface area contributed by atoms with Crippen molar-refractivity contribution in [1.82, 2.24) is 10.2 Å². The van der Waals surface area contributed by atoms with Crippen molar-refractivity contribution >= 4 is 23.8 Å². The molecule has 0 aromatic heterocycles. The minimum atomic E-state index is -0.901. The third-order valence-electron chi connectivity index (χ3n) is 4.66. The van der Waals surface area contributed by atoms with Gasteiger partial charge >= 0.3 is 12.0 Å². The van der Waals surface area contributed by atoms with Gasteiger partial charge in [-0.3, -0.25) is 0 Å². The Labute approximate surface area is 130 Å². The molecule has 0 spiro atoms. The fourth-order valence-corrected chi connectivity index (χ4v) is 4.47. The maximum absolute atomic E-state index is 12.5. The van der Waals surface area contributed by atoms with Gasteiger partial charge in [-0.25, -0.2) is 9.59 Å². The molecule has 0 bridgehead atoms. The first-order valence-electron chi connectivity index (χ1n) is 7.88. The van der Waals surface area contributed by atoms with Gasteiger partial charge in [0.05, 0.1) is 0 Å². The number of thioether (sulfide) groups is 1. The Kier molecular flexibility index (Phi) is 5.79. The third kappa shape index (κ3) is 4.05. The van der Waals surface area contributed by atoms with Crippen LogP contribution in [0.2, 0.25) is 0 Å². The van der Waals surface area contributed by atoms with Crippen molar-refractivity contribution < 1.29 is 14.7 Å². The number of hydrogen-bond donors (Lipinski definition) is 2. The number of aliphatic carboxylic acids is 1. The van der Waals surface area contributed by atoms with E-state index < -0.39 is 12.0 Å². The van der Waals surface area contributed by atoms with Gasteiger partial charge in [0.25, 0.3) is 0 Å². The van der Waals surface area contributed by atoms with Gasteiger partial charge in [-0.05, 0) is 24.7 Å². The monoisotopic (exact) mass is 314 g/mol. The molecule has 6 heteroatoms.